The zero-order chi connectivity index (χ0) is 13.4. The highest BCUT2D eigenvalue weighted by atomic mass is 35.6. The van der Waals surface area contributed by atoms with Crippen molar-refractivity contribution in [2.24, 2.45) is 0 Å². The summed E-state index contributed by atoms with van der Waals surface area (Å²) in [5.74, 6) is -2.10. The van der Waals surface area contributed by atoms with E-state index in [0.29, 0.717) is 11.5 Å². The van der Waals surface area contributed by atoms with E-state index in [9.17, 15) is 4.79 Å². The van der Waals surface area contributed by atoms with Gasteiger partial charge in [-0.3, -0.25) is 10.1 Å². The molecule has 1 aromatic rings. The molecule has 2 rings (SSSR count). The van der Waals surface area contributed by atoms with Gasteiger partial charge in [-0.15, -0.1) is 11.6 Å². The van der Waals surface area contributed by atoms with Crippen molar-refractivity contribution in [2.75, 3.05) is 5.88 Å². The molecule has 0 spiro atoms. The molecule has 1 heterocycles. The molecule has 0 bridgehead atoms. The first-order valence-corrected chi connectivity index (χ1v) is 6.45. The Balaban J connectivity index is 2.34. The van der Waals surface area contributed by atoms with Crippen molar-refractivity contribution in [3.8, 4) is 11.5 Å². The van der Waals surface area contributed by atoms with Crippen molar-refractivity contribution in [2.45, 2.75) is 9.70 Å². The van der Waals surface area contributed by atoms with Crippen LogP contribution in [-0.4, -0.2) is 21.5 Å². The zero-order valence-corrected chi connectivity index (χ0v) is 11.8. The number of nitrogens with one attached hydrogen (secondary N) is 1. The quantitative estimate of drug-likeness (QED) is 0.848. The zero-order valence-electron chi connectivity index (χ0n) is 8.75. The summed E-state index contributed by atoms with van der Waals surface area (Å²) in [6.45, 7) is 0. The Hall–Kier alpha value is -0.550. The molecule has 0 saturated heterocycles. The fourth-order valence-electron chi connectivity index (χ4n) is 1.40. The number of ether oxygens (including phenoxy) is 2. The van der Waals surface area contributed by atoms with Crippen molar-refractivity contribution >= 4 is 52.3 Å². The van der Waals surface area contributed by atoms with Gasteiger partial charge in [0.2, 0.25) is 5.91 Å². The molecule has 8 heteroatoms. The molecule has 1 amide bonds. The SMILES string of the molecule is O=C(CCl)NC1(C(Cl)(Cl)Cl)Oc2ccccc2O1. The molecule has 98 valence electrons. The topological polar surface area (TPSA) is 47.6 Å². The molecule has 0 saturated carbocycles. The first kappa shape index (κ1) is 13.9. The van der Waals surface area contributed by atoms with Crippen molar-refractivity contribution in [1.29, 1.82) is 0 Å². The predicted octanol–water partition coefficient (Wildman–Crippen LogP) is 2.84. The van der Waals surface area contributed by atoms with Gasteiger partial charge < -0.3 is 9.47 Å². The average Bonchev–Trinajstić information content (AvgIpc) is 2.67. The second-order valence-corrected chi connectivity index (χ2v) is 6.00. The van der Waals surface area contributed by atoms with E-state index in [1.807, 2.05) is 0 Å². The molecule has 1 aromatic carbocycles. The fourth-order valence-corrected chi connectivity index (χ4v) is 1.84. The minimum Gasteiger partial charge on any atom is -0.428 e. The van der Waals surface area contributed by atoms with Crippen LogP contribution in [0.25, 0.3) is 0 Å². The Morgan fingerprint density at radius 1 is 1.22 bits per heavy atom. The van der Waals surface area contributed by atoms with E-state index in [1.54, 1.807) is 24.3 Å². The van der Waals surface area contributed by atoms with Crippen LogP contribution in [-0.2, 0) is 4.79 Å². The van der Waals surface area contributed by atoms with Crippen LogP contribution in [0.15, 0.2) is 24.3 Å². The lowest BCUT2D eigenvalue weighted by molar-refractivity contribution is -0.142. The lowest BCUT2D eigenvalue weighted by atomic mass is 10.3. The molecule has 0 atom stereocenters. The van der Waals surface area contributed by atoms with Crippen LogP contribution >= 0.6 is 46.4 Å². The summed E-state index contributed by atoms with van der Waals surface area (Å²) in [6, 6.07) is 6.70. The molecule has 0 aliphatic carbocycles. The number of para-hydroxylation sites is 2. The van der Waals surface area contributed by atoms with Crippen LogP contribution in [0.2, 0.25) is 0 Å². The maximum atomic E-state index is 11.4. The van der Waals surface area contributed by atoms with Crippen LogP contribution in [0, 0.1) is 0 Å². The normalized spacial score (nSPS) is 16.4. The number of hydrogen-bond donors (Lipinski definition) is 1. The summed E-state index contributed by atoms with van der Waals surface area (Å²) >= 11 is 22.8. The average molecular weight is 331 g/mol. The molecule has 1 aliphatic rings. The van der Waals surface area contributed by atoms with Gasteiger partial charge in [0, 0.05) is 0 Å². The molecular weight excluding hydrogens is 324 g/mol. The Labute approximate surface area is 123 Å². The van der Waals surface area contributed by atoms with E-state index in [1.165, 1.54) is 0 Å². The third kappa shape index (κ3) is 2.43. The third-order valence-corrected chi connectivity index (χ3v) is 3.14. The van der Waals surface area contributed by atoms with E-state index in [2.05, 4.69) is 5.32 Å². The number of hydrogen-bond acceptors (Lipinski definition) is 3. The van der Waals surface area contributed by atoms with E-state index in [0.717, 1.165) is 0 Å². The second-order valence-electron chi connectivity index (χ2n) is 3.45. The highest BCUT2D eigenvalue weighted by molar-refractivity contribution is 6.68. The van der Waals surface area contributed by atoms with E-state index in [4.69, 9.17) is 55.9 Å². The Morgan fingerprint density at radius 2 is 1.72 bits per heavy atom. The first-order valence-electron chi connectivity index (χ1n) is 4.79. The smallest absolute Gasteiger partial charge is 0.388 e. The molecule has 4 nitrogen and oxygen atoms in total. The van der Waals surface area contributed by atoms with Crippen molar-refractivity contribution < 1.29 is 14.3 Å². The van der Waals surface area contributed by atoms with Gasteiger partial charge in [0.1, 0.15) is 5.88 Å². The fraction of sp³-hybridized carbons (Fsp3) is 0.300. The molecule has 1 aliphatic heterocycles. The van der Waals surface area contributed by atoms with Gasteiger partial charge in [-0.05, 0) is 12.1 Å². The number of carbonyl (C=O) groups excluding carboxylic acids is 1. The number of benzene rings is 1. The van der Waals surface area contributed by atoms with E-state index >= 15 is 0 Å². The number of amides is 1. The summed E-state index contributed by atoms with van der Waals surface area (Å²) in [4.78, 5) is 11.4. The van der Waals surface area contributed by atoms with Crippen molar-refractivity contribution in [3.05, 3.63) is 24.3 Å². The molecule has 0 unspecified atom stereocenters. The first-order chi connectivity index (χ1) is 8.38. The monoisotopic (exact) mass is 329 g/mol. The minimum absolute atomic E-state index is 0.314. The van der Waals surface area contributed by atoms with E-state index < -0.39 is 15.6 Å². The Morgan fingerprint density at radius 3 is 2.11 bits per heavy atom. The summed E-state index contributed by atoms with van der Waals surface area (Å²) < 4.78 is 8.81. The predicted molar refractivity (Wildman–Crippen MR) is 69.6 cm³/mol. The second kappa shape index (κ2) is 4.85. The van der Waals surface area contributed by atoms with Crippen LogP contribution in [0.1, 0.15) is 0 Å². The molecule has 0 radical (unpaired) electrons. The molecule has 18 heavy (non-hydrogen) atoms. The maximum absolute atomic E-state index is 11.4. The highest BCUT2D eigenvalue weighted by Gasteiger charge is 2.59. The van der Waals surface area contributed by atoms with E-state index in [-0.39, 0.29) is 5.88 Å². The van der Waals surface area contributed by atoms with Crippen LogP contribution < -0.4 is 14.8 Å². The lowest BCUT2D eigenvalue weighted by Crippen LogP contribution is -2.63. The molecular formula is C10H7Cl4NO3. The standard InChI is InChI=1S/C10H7Cl4NO3/c11-5-8(16)15-10(9(12,13)14)17-6-3-1-2-4-7(6)18-10/h1-4H,5H2,(H,15,16). The summed E-state index contributed by atoms with van der Waals surface area (Å²) in [6.07, 6.45) is 0. The van der Waals surface area contributed by atoms with Crippen molar-refractivity contribution in [1.82, 2.24) is 5.32 Å². The van der Waals surface area contributed by atoms with Gasteiger partial charge in [-0.25, -0.2) is 0 Å². The maximum Gasteiger partial charge on any atom is 0.388 e. The molecule has 0 aromatic heterocycles. The number of rotatable bonds is 2. The van der Waals surface area contributed by atoms with Gasteiger partial charge in [-0.2, -0.15) is 0 Å². The van der Waals surface area contributed by atoms with Crippen LogP contribution in [0.5, 0.6) is 11.5 Å². The van der Waals surface area contributed by atoms with Crippen LogP contribution in [0.4, 0.5) is 0 Å². The summed E-state index contributed by atoms with van der Waals surface area (Å²) in [5.41, 5.74) is 0. The van der Waals surface area contributed by atoms with Gasteiger partial charge >= 0.3 is 5.91 Å². The molecule has 1 N–H and O–H groups in total. The van der Waals surface area contributed by atoms with Gasteiger partial charge in [-0.1, -0.05) is 46.9 Å². The van der Waals surface area contributed by atoms with Crippen LogP contribution in [0.3, 0.4) is 0 Å². The number of alkyl halides is 4. The lowest BCUT2D eigenvalue weighted by Gasteiger charge is -2.33. The number of carbonyl (C=O) groups is 1. The third-order valence-electron chi connectivity index (χ3n) is 2.16. The highest BCUT2D eigenvalue weighted by Crippen LogP contribution is 2.48. The Bertz CT molecular complexity index is 449. The van der Waals surface area contributed by atoms with Gasteiger partial charge in [0.25, 0.3) is 3.79 Å². The largest absolute Gasteiger partial charge is 0.428 e. The van der Waals surface area contributed by atoms with Gasteiger partial charge in [0.15, 0.2) is 11.5 Å². The number of fused-ring (bicyclic) bond motifs is 1. The summed E-state index contributed by atoms with van der Waals surface area (Å²) in [7, 11) is 0. The van der Waals surface area contributed by atoms with Crippen molar-refractivity contribution in [3.63, 3.8) is 0 Å². The summed E-state index contributed by atoms with van der Waals surface area (Å²) in [5, 5.41) is 2.32. The minimum atomic E-state index is -2.03. The number of halogens is 4. The molecule has 0 fully saturated rings. The van der Waals surface area contributed by atoms with Gasteiger partial charge in [0.05, 0.1) is 0 Å². The Kier molecular flexibility index (Phi) is 3.74.